The number of pyridine rings is 1. The van der Waals surface area contributed by atoms with Gasteiger partial charge in [0.05, 0.1) is 5.02 Å². The van der Waals surface area contributed by atoms with Crippen LogP contribution in [0.3, 0.4) is 0 Å². The number of halogens is 1. The van der Waals surface area contributed by atoms with Gasteiger partial charge < -0.3 is 5.73 Å². The third kappa shape index (κ3) is 3.27. The molecule has 106 valence electrons. The van der Waals surface area contributed by atoms with Crippen molar-refractivity contribution in [2.24, 2.45) is 0 Å². The van der Waals surface area contributed by atoms with Crippen molar-refractivity contribution in [3.05, 3.63) is 52.8 Å². The molecule has 0 radical (unpaired) electrons. The molecular weight excluding hydrogens is 298 g/mol. The van der Waals surface area contributed by atoms with Crippen LogP contribution >= 0.6 is 11.6 Å². The van der Waals surface area contributed by atoms with Gasteiger partial charge in [-0.3, -0.25) is 4.98 Å². The van der Waals surface area contributed by atoms with Gasteiger partial charge >= 0.3 is 0 Å². The Bertz CT molecular complexity index is 732. The van der Waals surface area contributed by atoms with E-state index >= 15 is 0 Å². The fourth-order valence-electron chi connectivity index (χ4n) is 1.66. The largest absolute Gasteiger partial charge is 0.399 e. The minimum atomic E-state index is -3.72. The second-order valence-electron chi connectivity index (χ2n) is 4.32. The molecule has 3 N–H and O–H groups in total. The van der Waals surface area contributed by atoms with E-state index in [4.69, 9.17) is 17.3 Å². The second kappa shape index (κ2) is 5.78. The Hall–Kier alpha value is -1.63. The van der Waals surface area contributed by atoms with Crippen LogP contribution in [0.5, 0.6) is 0 Å². The predicted molar refractivity (Wildman–Crippen MR) is 78.9 cm³/mol. The first kappa shape index (κ1) is 14.8. The lowest BCUT2D eigenvalue weighted by molar-refractivity contribution is 0.581. The Balaban J connectivity index is 2.24. The number of benzene rings is 1. The van der Waals surface area contributed by atoms with E-state index in [9.17, 15) is 8.42 Å². The first-order valence-electron chi connectivity index (χ1n) is 5.84. The van der Waals surface area contributed by atoms with E-state index in [0.717, 1.165) is 11.1 Å². The zero-order valence-corrected chi connectivity index (χ0v) is 12.4. The number of nitrogens with zero attached hydrogens (tertiary/aromatic N) is 1. The SMILES string of the molecule is Cc1ccncc1CNS(=O)(=O)c1cc(N)ccc1Cl. The molecule has 0 saturated heterocycles. The summed E-state index contributed by atoms with van der Waals surface area (Å²) in [7, 11) is -3.72. The van der Waals surface area contributed by atoms with Gasteiger partial charge in [0.2, 0.25) is 10.0 Å². The molecule has 0 aliphatic carbocycles. The van der Waals surface area contributed by atoms with Crippen LogP contribution in [0, 0.1) is 6.92 Å². The summed E-state index contributed by atoms with van der Waals surface area (Å²) in [5, 5.41) is 0.134. The molecule has 0 amide bonds. The number of aromatic nitrogens is 1. The molecule has 1 aromatic carbocycles. The zero-order valence-electron chi connectivity index (χ0n) is 10.8. The molecule has 1 heterocycles. The van der Waals surface area contributed by atoms with Crippen LogP contribution in [-0.2, 0) is 16.6 Å². The minimum absolute atomic E-state index is 0.0271. The van der Waals surface area contributed by atoms with Crippen molar-refractivity contribution < 1.29 is 8.42 Å². The quantitative estimate of drug-likeness (QED) is 0.847. The molecule has 20 heavy (non-hydrogen) atoms. The van der Waals surface area contributed by atoms with Crippen LogP contribution in [0.2, 0.25) is 5.02 Å². The summed E-state index contributed by atoms with van der Waals surface area (Å²) >= 11 is 5.91. The van der Waals surface area contributed by atoms with Crippen molar-refractivity contribution in [2.75, 3.05) is 5.73 Å². The maximum Gasteiger partial charge on any atom is 0.242 e. The van der Waals surface area contributed by atoms with Gasteiger partial charge in [-0.2, -0.15) is 0 Å². The third-order valence-electron chi connectivity index (χ3n) is 2.84. The van der Waals surface area contributed by atoms with Gasteiger partial charge in [-0.25, -0.2) is 13.1 Å². The summed E-state index contributed by atoms with van der Waals surface area (Å²) in [5.41, 5.74) is 7.70. The van der Waals surface area contributed by atoms with Crippen molar-refractivity contribution in [1.29, 1.82) is 0 Å². The number of rotatable bonds is 4. The van der Waals surface area contributed by atoms with Crippen LogP contribution < -0.4 is 10.5 Å². The summed E-state index contributed by atoms with van der Waals surface area (Å²) < 4.78 is 26.9. The summed E-state index contributed by atoms with van der Waals surface area (Å²) in [6.45, 7) is 2.03. The topological polar surface area (TPSA) is 85.1 Å². The standard InChI is InChI=1S/C13H14ClN3O2S/c1-9-4-5-16-7-10(9)8-17-20(18,19)13-6-11(15)2-3-12(13)14/h2-7,17H,8,15H2,1H3. The Morgan fingerprint density at radius 2 is 2.10 bits per heavy atom. The summed E-state index contributed by atoms with van der Waals surface area (Å²) in [6, 6.07) is 6.16. The van der Waals surface area contributed by atoms with Crippen LogP contribution in [0.1, 0.15) is 11.1 Å². The highest BCUT2D eigenvalue weighted by Crippen LogP contribution is 2.23. The number of nitrogens with one attached hydrogen (secondary N) is 1. The van der Waals surface area contributed by atoms with Crippen LogP contribution in [0.15, 0.2) is 41.6 Å². The van der Waals surface area contributed by atoms with Crippen molar-refractivity contribution in [3.63, 3.8) is 0 Å². The van der Waals surface area contributed by atoms with Crippen molar-refractivity contribution in [3.8, 4) is 0 Å². The average Bonchev–Trinajstić information content (AvgIpc) is 2.40. The maximum absolute atomic E-state index is 12.2. The Morgan fingerprint density at radius 1 is 1.35 bits per heavy atom. The first-order chi connectivity index (χ1) is 9.40. The van der Waals surface area contributed by atoms with Gasteiger partial charge in [0, 0.05) is 24.6 Å². The molecule has 2 aromatic rings. The lowest BCUT2D eigenvalue weighted by atomic mass is 10.2. The van der Waals surface area contributed by atoms with E-state index in [-0.39, 0.29) is 16.5 Å². The fourth-order valence-corrected chi connectivity index (χ4v) is 3.20. The number of aryl methyl sites for hydroxylation is 1. The fraction of sp³-hybridized carbons (Fsp3) is 0.154. The molecule has 0 bridgehead atoms. The molecule has 0 unspecified atom stereocenters. The normalized spacial score (nSPS) is 11.5. The number of sulfonamides is 1. The summed E-state index contributed by atoms with van der Waals surface area (Å²) in [5.74, 6) is 0. The molecule has 0 aliphatic rings. The summed E-state index contributed by atoms with van der Waals surface area (Å²) in [6.07, 6.45) is 3.28. The molecular formula is C13H14ClN3O2S. The minimum Gasteiger partial charge on any atom is -0.399 e. The van der Waals surface area contributed by atoms with Crippen LogP contribution in [0.4, 0.5) is 5.69 Å². The zero-order chi connectivity index (χ0) is 14.8. The van der Waals surface area contributed by atoms with E-state index in [0.29, 0.717) is 5.69 Å². The molecule has 5 nitrogen and oxygen atoms in total. The third-order valence-corrected chi connectivity index (χ3v) is 4.73. The second-order valence-corrected chi connectivity index (χ2v) is 6.46. The molecule has 0 atom stereocenters. The number of nitrogen functional groups attached to an aromatic ring is 1. The number of hydrogen-bond donors (Lipinski definition) is 2. The van der Waals surface area contributed by atoms with Crippen molar-refractivity contribution in [2.45, 2.75) is 18.4 Å². The number of anilines is 1. The van der Waals surface area contributed by atoms with Crippen LogP contribution in [-0.4, -0.2) is 13.4 Å². The van der Waals surface area contributed by atoms with Crippen molar-refractivity contribution in [1.82, 2.24) is 9.71 Å². The van der Waals surface area contributed by atoms with Gasteiger partial charge in [0.25, 0.3) is 0 Å². The molecule has 1 aromatic heterocycles. The molecule has 0 aliphatic heterocycles. The van der Waals surface area contributed by atoms with E-state index < -0.39 is 10.0 Å². The Labute approximate surface area is 122 Å². The predicted octanol–water partition coefficient (Wildman–Crippen LogP) is 2.10. The molecule has 0 fully saturated rings. The number of hydrogen-bond acceptors (Lipinski definition) is 4. The average molecular weight is 312 g/mol. The van der Waals surface area contributed by atoms with Gasteiger partial charge in [-0.05, 0) is 42.3 Å². The molecule has 0 saturated carbocycles. The van der Waals surface area contributed by atoms with E-state index in [1.807, 2.05) is 13.0 Å². The summed E-state index contributed by atoms with van der Waals surface area (Å²) in [4.78, 5) is 3.94. The monoisotopic (exact) mass is 311 g/mol. The lowest BCUT2D eigenvalue weighted by Crippen LogP contribution is -2.24. The highest BCUT2D eigenvalue weighted by Gasteiger charge is 2.18. The first-order valence-corrected chi connectivity index (χ1v) is 7.70. The highest BCUT2D eigenvalue weighted by molar-refractivity contribution is 7.89. The molecule has 0 spiro atoms. The smallest absolute Gasteiger partial charge is 0.242 e. The van der Waals surface area contributed by atoms with Crippen molar-refractivity contribution >= 4 is 27.3 Å². The van der Waals surface area contributed by atoms with Crippen LogP contribution in [0.25, 0.3) is 0 Å². The molecule has 2 rings (SSSR count). The van der Waals surface area contributed by atoms with Gasteiger partial charge in [0.15, 0.2) is 0 Å². The Kier molecular flexibility index (Phi) is 4.27. The highest BCUT2D eigenvalue weighted by atomic mass is 35.5. The lowest BCUT2D eigenvalue weighted by Gasteiger charge is -2.10. The maximum atomic E-state index is 12.2. The van der Waals surface area contributed by atoms with E-state index in [2.05, 4.69) is 9.71 Å². The van der Waals surface area contributed by atoms with E-state index in [1.54, 1.807) is 18.5 Å². The molecule has 7 heteroatoms. The van der Waals surface area contributed by atoms with Gasteiger partial charge in [-0.15, -0.1) is 0 Å². The van der Waals surface area contributed by atoms with Gasteiger partial charge in [-0.1, -0.05) is 11.6 Å². The Morgan fingerprint density at radius 3 is 2.80 bits per heavy atom. The van der Waals surface area contributed by atoms with Gasteiger partial charge in [0.1, 0.15) is 4.90 Å². The van der Waals surface area contributed by atoms with E-state index in [1.165, 1.54) is 12.1 Å². The number of nitrogens with two attached hydrogens (primary N) is 1.